The fraction of sp³-hybridized carbons (Fsp3) is 0.583. The van der Waals surface area contributed by atoms with Crippen molar-refractivity contribution in [2.75, 3.05) is 5.32 Å². The van der Waals surface area contributed by atoms with Gasteiger partial charge in [0.1, 0.15) is 12.0 Å². The van der Waals surface area contributed by atoms with Crippen LogP contribution in [0.25, 0.3) is 0 Å². The molecule has 2 atom stereocenters. The van der Waals surface area contributed by atoms with Gasteiger partial charge in [0.05, 0.1) is 9.40 Å². The maximum absolute atomic E-state index is 10.8. The molecule has 1 aliphatic carbocycles. The highest BCUT2D eigenvalue weighted by Crippen LogP contribution is 2.33. The van der Waals surface area contributed by atoms with Crippen LogP contribution < -0.4 is 5.32 Å². The van der Waals surface area contributed by atoms with Crippen LogP contribution >= 0.6 is 15.9 Å². The smallest absolute Gasteiger partial charge is 0.291 e. The van der Waals surface area contributed by atoms with E-state index in [-0.39, 0.29) is 5.69 Å². The van der Waals surface area contributed by atoms with E-state index in [9.17, 15) is 10.1 Å². The third kappa shape index (κ3) is 2.63. The maximum Gasteiger partial charge on any atom is 0.291 e. The Hall–Kier alpha value is -1.17. The van der Waals surface area contributed by atoms with Gasteiger partial charge in [0.15, 0.2) is 0 Å². The Bertz CT molecular complexity index is 479. The van der Waals surface area contributed by atoms with Crippen molar-refractivity contribution in [3.63, 3.8) is 0 Å². The SMILES string of the molecule is Cc1c([N+](=O)[O-])cnc(NC2CCC(C)C2)c1Br. The molecule has 98 valence electrons. The molecule has 2 rings (SSSR count). The minimum atomic E-state index is -0.408. The third-order valence-electron chi connectivity index (χ3n) is 3.47. The van der Waals surface area contributed by atoms with Crippen LogP contribution in [0.15, 0.2) is 10.7 Å². The molecule has 0 aliphatic heterocycles. The zero-order chi connectivity index (χ0) is 13.3. The van der Waals surface area contributed by atoms with Gasteiger partial charge < -0.3 is 5.32 Å². The lowest BCUT2D eigenvalue weighted by Crippen LogP contribution is -2.17. The molecule has 18 heavy (non-hydrogen) atoms. The van der Waals surface area contributed by atoms with Crippen molar-refractivity contribution in [2.45, 2.75) is 39.2 Å². The summed E-state index contributed by atoms with van der Waals surface area (Å²) in [5.74, 6) is 1.44. The highest BCUT2D eigenvalue weighted by molar-refractivity contribution is 9.10. The van der Waals surface area contributed by atoms with E-state index in [1.54, 1.807) is 6.92 Å². The van der Waals surface area contributed by atoms with Crippen LogP contribution in [0.2, 0.25) is 0 Å². The summed E-state index contributed by atoms with van der Waals surface area (Å²) in [5.41, 5.74) is 0.663. The molecule has 0 aromatic carbocycles. The van der Waals surface area contributed by atoms with Crippen molar-refractivity contribution in [2.24, 2.45) is 5.92 Å². The van der Waals surface area contributed by atoms with Gasteiger partial charge in [0, 0.05) is 11.6 Å². The molecule has 0 spiro atoms. The van der Waals surface area contributed by atoms with Crippen molar-refractivity contribution in [1.82, 2.24) is 4.98 Å². The largest absolute Gasteiger partial charge is 0.366 e. The summed E-state index contributed by atoms with van der Waals surface area (Å²) in [6.45, 7) is 3.97. The average molecular weight is 314 g/mol. The first-order chi connectivity index (χ1) is 8.49. The molecule has 0 saturated heterocycles. The molecular weight excluding hydrogens is 298 g/mol. The van der Waals surface area contributed by atoms with E-state index in [0.717, 1.165) is 18.8 Å². The zero-order valence-electron chi connectivity index (χ0n) is 10.4. The monoisotopic (exact) mass is 313 g/mol. The zero-order valence-corrected chi connectivity index (χ0v) is 12.0. The molecule has 0 amide bonds. The van der Waals surface area contributed by atoms with E-state index >= 15 is 0 Å². The second-order valence-electron chi connectivity index (χ2n) is 4.95. The lowest BCUT2D eigenvalue weighted by atomic mass is 10.1. The summed E-state index contributed by atoms with van der Waals surface area (Å²) in [4.78, 5) is 14.5. The van der Waals surface area contributed by atoms with Crippen LogP contribution in [0.4, 0.5) is 11.5 Å². The van der Waals surface area contributed by atoms with Gasteiger partial charge in [-0.2, -0.15) is 0 Å². The van der Waals surface area contributed by atoms with Crippen LogP contribution in [0.3, 0.4) is 0 Å². The van der Waals surface area contributed by atoms with Crippen molar-refractivity contribution >= 4 is 27.4 Å². The Morgan fingerprint density at radius 3 is 2.83 bits per heavy atom. The fourth-order valence-electron chi connectivity index (χ4n) is 2.39. The number of nitrogens with zero attached hydrogens (tertiary/aromatic N) is 2. The molecule has 6 heteroatoms. The van der Waals surface area contributed by atoms with E-state index in [4.69, 9.17) is 0 Å². The Morgan fingerprint density at radius 2 is 2.28 bits per heavy atom. The summed E-state index contributed by atoms with van der Waals surface area (Å²) in [7, 11) is 0. The van der Waals surface area contributed by atoms with Crippen LogP contribution in [0.1, 0.15) is 31.7 Å². The van der Waals surface area contributed by atoms with Gasteiger partial charge in [-0.25, -0.2) is 4.98 Å². The first kappa shape index (κ1) is 13.3. The van der Waals surface area contributed by atoms with Gasteiger partial charge in [-0.05, 0) is 48.0 Å². The molecule has 1 aromatic heterocycles. The van der Waals surface area contributed by atoms with Gasteiger partial charge in [0.2, 0.25) is 0 Å². The van der Waals surface area contributed by atoms with Crippen LogP contribution in [0.5, 0.6) is 0 Å². The quantitative estimate of drug-likeness (QED) is 0.683. The predicted octanol–water partition coefficient (Wildman–Crippen LogP) is 3.66. The minimum Gasteiger partial charge on any atom is -0.366 e. The Labute approximate surface area is 114 Å². The van der Waals surface area contributed by atoms with Gasteiger partial charge in [-0.1, -0.05) is 6.92 Å². The van der Waals surface area contributed by atoms with E-state index in [2.05, 4.69) is 33.2 Å². The number of hydrogen-bond acceptors (Lipinski definition) is 4. The number of nitrogens with one attached hydrogen (secondary N) is 1. The van der Waals surface area contributed by atoms with Crippen molar-refractivity contribution < 1.29 is 4.92 Å². The number of anilines is 1. The Balaban J connectivity index is 2.19. The lowest BCUT2D eigenvalue weighted by Gasteiger charge is -2.15. The summed E-state index contributed by atoms with van der Waals surface area (Å²) in [5, 5.41) is 14.2. The van der Waals surface area contributed by atoms with E-state index in [1.807, 2.05) is 0 Å². The van der Waals surface area contributed by atoms with Crippen molar-refractivity contribution in [3.8, 4) is 0 Å². The third-order valence-corrected chi connectivity index (χ3v) is 4.44. The molecule has 2 unspecified atom stereocenters. The number of rotatable bonds is 3. The second-order valence-corrected chi connectivity index (χ2v) is 5.74. The summed E-state index contributed by atoms with van der Waals surface area (Å²) < 4.78 is 0.691. The minimum absolute atomic E-state index is 0.0483. The Morgan fingerprint density at radius 1 is 1.56 bits per heavy atom. The van der Waals surface area contributed by atoms with E-state index < -0.39 is 4.92 Å². The molecular formula is C12H16BrN3O2. The van der Waals surface area contributed by atoms with Gasteiger partial charge >= 0.3 is 0 Å². The normalized spacial score (nSPS) is 23.1. The van der Waals surface area contributed by atoms with Gasteiger partial charge in [-0.15, -0.1) is 0 Å². The molecule has 1 saturated carbocycles. The molecule has 0 bridgehead atoms. The first-order valence-corrected chi connectivity index (χ1v) is 6.84. The number of aromatic nitrogens is 1. The van der Waals surface area contributed by atoms with Crippen molar-refractivity contribution in [3.05, 3.63) is 26.3 Å². The average Bonchev–Trinajstić information content (AvgIpc) is 2.70. The van der Waals surface area contributed by atoms with Crippen LogP contribution in [0, 0.1) is 23.0 Å². The summed E-state index contributed by atoms with van der Waals surface area (Å²) >= 11 is 3.39. The number of nitro groups is 1. The molecule has 0 radical (unpaired) electrons. The van der Waals surface area contributed by atoms with Gasteiger partial charge in [-0.3, -0.25) is 10.1 Å². The molecule has 1 fully saturated rings. The number of pyridine rings is 1. The highest BCUT2D eigenvalue weighted by Gasteiger charge is 2.23. The first-order valence-electron chi connectivity index (χ1n) is 6.05. The molecule has 1 aromatic rings. The topological polar surface area (TPSA) is 68.1 Å². The second kappa shape index (κ2) is 5.22. The summed E-state index contributed by atoms with van der Waals surface area (Å²) in [6.07, 6.45) is 4.80. The predicted molar refractivity (Wildman–Crippen MR) is 73.8 cm³/mol. The van der Waals surface area contributed by atoms with Crippen LogP contribution in [-0.2, 0) is 0 Å². The molecule has 1 aliphatic rings. The molecule has 1 heterocycles. The standard InChI is InChI=1S/C12H16BrN3O2/c1-7-3-4-9(5-7)15-12-11(13)8(2)10(6-14-12)16(17)18/h6-7,9H,3-5H2,1-2H3,(H,14,15). The Kier molecular flexibility index (Phi) is 3.85. The van der Waals surface area contributed by atoms with E-state index in [0.29, 0.717) is 21.9 Å². The summed E-state index contributed by atoms with van der Waals surface area (Å²) in [6, 6.07) is 0.421. The molecule has 5 nitrogen and oxygen atoms in total. The maximum atomic E-state index is 10.8. The van der Waals surface area contributed by atoms with Crippen LogP contribution in [-0.4, -0.2) is 15.9 Å². The molecule has 1 N–H and O–H groups in total. The number of hydrogen-bond donors (Lipinski definition) is 1. The van der Waals surface area contributed by atoms with Crippen molar-refractivity contribution in [1.29, 1.82) is 0 Å². The lowest BCUT2D eigenvalue weighted by molar-refractivity contribution is -0.385. The fourth-order valence-corrected chi connectivity index (χ4v) is 2.81. The van der Waals surface area contributed by atoms with Gasteiger partial charge in [0.25, 0.3) is 5.69 Å². The number of halogens is 1. The van der Waals surface area contributed by atoms with E-state index in [1.165, 1.54) is 12.6 Å². The highest BCUT2D eigenvalue weighted by atomic mass is 79.9.